The zero-order valence-electron chi connectivity index (χ0n) is 11.4. The van der Waals surface area contributed by atoms with Crippen LogP contribution in [0.5, 0.6) is 17.2 Å². The minimum Gasteiger partial charge on any atom is -0.504 e. The van der Waals surface area contributed by atoms with Gasteiger partial charge in [0.05, 0.1) is 12.5 Å². The van der Waals surface area contributed by atoms with Crippen molar-refractivity contribution in [3.05, 3.63) is 40.8 Å². The lowest BCUT2D eigenvalue weighted by atomic mass is 10.1. The van der Waals surface area contributed by atoms with E-state index < -0.39 is 17.1 Å². The van der Waals surface area contributed by atoms with Crippen LogP contribution < -0.4 is 10.4 Å². The van der Waals surface area contributed by atoms with Gasteiger partial charge in [0.2, 0.25) is 11.5 Å². The van der Waals surface area contributed by atoms with Crippen molar-refractivity contribution in [2.75, 3.05) is 7.11 Å². The lowest BCUT2D eigenvalue weighted by Gasteiger charge is -2.04. The predicted octanol–water partition coefficient (Wildman–Crippen LogP) is 3.11. The molecule has 0 aliphatic carbocycles. The molecule has 6 nitrogen and oxygen atoms in total. The highest BCUT2D eigenvalue weighted by Crippen LogP contribution is 2.45. The summed E-state index contributed by atoms with van der Waals surface area (Å²) in [6.45, 7) is 0. The van der Waals surface area contributed by atoms with Crippen LogP contribution >= 0.6 is 0 Å². The third-order valence-electron chi connectivity index (χ3n) is 3.63. The van der Waals surface area contributed by atoms with Crippen molar-refractivity contribution in [1.82, 2.24) is 0 Å². The van der Waals surface area contributed by atoms with Gasteiger partial charge in [0.15, 0.2) is 16.9 Å². The standard InChI is InChI=1S/C16H10O6/c1-20-15-12(18)9(17)6-8-11-13(22-14(8)15)7-4-2-3-5-10(7)21-16(11)19/h2-6,17-18H,1H3. The molecule has 0 spiro atoms. The Labute approximate surface area is 122 Å². The number of fused-ring (bicyclic) bond motifs is 5. The van der Waals surface area contributed by atoms with Gasteiger partial charge in [-0.25, -0.2) is 4.79 Å². The number of phenolic OH excluding ortho intramolecular Hbond substituents is 2. The molecule has 4 rings (SSSR count). The number of benzene rings is 2. The fourth-order valence-corrected chi connectivity index (χ4v) is 2.66. The first kappa shape index (κ1) is 12.6. The monoisotopic (exact) mass is 298 g/mol. The Kier molecular flexibility index (Phi) is 2.39. The van der Waals surface area contributed by atoms with E-state index in [1.54, 1.807) is 24.3 Å². The second kappa shape index (κ2) is 4.17. The maximum atomic E-state index is 12.3. The molecule has 0 fully saturated rings. The first-order valence-electron chi connectivity index (χ1n) is 6.48. The Bertz CT molecular complexity index is 1100. The summed E-state index contributed by atoms with van der Waals surface area (Å²) in [5.74, 6) is -0.878. The number of para-hydroxylation sites is 1. The average Bonchev–Trinajstić information content (AvgIpc) is 2.88. The zero-order valence-corrected chi connectivity index (χ0v) is 11.4. The van der Waals surface area contributed by atoms with Crippen molar-refractivity contribution in [1.29, 1.82) is 0 Å². The fourth-order valence-electron chi connectivity index (χ4n) is 2.66. The number of rotatable bonds is 1. The molecule has 6 heteroatoms. The normalized spacial score (nSPS) is 11.5. The lowest BCUT2D eigenvalue weighted by Crippen LogP contribution is -1.98. The number of aromatic hydroxyl groups is 2. The topological polar surface area (TPSA) is 93.0 Å². The van der Waals surface area contributed by atoms with E-state index in [1.807, 2.05) is 0 Å². The molecule has 22 heavy (non-hydrogen) atoms. The van der Waals surface area contributed by atoms with Crippen LogP contribution in [-0.2, 0) is 0 Å². The highest BCUT2D eigenvalue weighted by atomic mass is 16.5. The summed E-state index contributed by atoms with van der Waals surface area (Å²) in [6, 6.07) is 8.22. The molecule has 0 amide bonds. The third-order valence-corrected chi connectivity index (χ3v) is 3.63. The SMILES string of the molecule is COc1c(O)c(O)cc2c1oc1c3ccccc3oc(=O)c21. The average molecular weight is 298 g/mol. The van der Waals surface area contributed by atoms with Gasteiger partial charge in [0.1, 0.15) is 11.0 Å². The van der Waals surface area contributed by atoms with Gasteiger partial charge >= 0.3 is 5.63 Å². The van der Waals surface area contributed by atoms with Gasteiger partial charge < -0.3 is 23.8 Å². The predicted molar refractivity (Wildman–Crippen MR) is 79.6 cm³/mol. The van der Waals surface area contributed by atoms with Gasteiger partial charge in [-0.05, 0) is 18.2 Å². The number of hydrogen-bond donors (Lipinski definition) is 2. The molecule has 110 valence electrons. The molecular formula is C16H10O6. The van der Waals surface area contributed by atoms with Crippen LogP contribution in [0.1, 0.15) is 0 Å². The molecule has 0 atom stereocenters. The van der Waals surface area contributed by atoms with E-state index in [9.17, 15) is 15.0 Å². The summed E-state index contributed by atoms with van der Waals surface area (Å²) in [4.78, 5) is 12.3. The van der Waals surface area contributed by atoms with Gasteiger partial charge in [-0.15, -0.1) is 0 Å². The van der Waals surface area contributed by atoms with Crippen molar-refractivity contribution >= 4 is 32.9 Å². The van der Waals surface area contributed by atoms with E-state index in [4.69, 9.17) is 13.6 Å². The molecule has 0 aliphatic rings. The van der Waals surface area contributed by atoms with Crippen LogP contribution in [-0.4, -0.2) is 17.3 Å². The Morgan fingerprint density at radius 2 is 1.82 bits per heavy atom. The molecule has 0 aliphatic heterocycles. The van der Waals surface area contributed by atoms with Gasteiger partial charge in [-0.1, -0.05) is 12.1 Å². The minimum atomic E-state index is -0.584. The summed E-state index contributed by atoms with van der Waals surface area (Å²) < 4.78 is 16.1. The number of hydrogen-bond acceptors (Lipinski definition) is 6. The molecule has 2 N–H and O–H groups in total. The van der Waals surface area contributed by atoms with E-state index in [-0.39, 0.29) is 16.7 Å². The minimum absolute atomic E-state index is 0.0327. The first-order valence-corrected chi connectivity index (χ1v) is 6.48. The smallest absolute Gasteiger partial charge is 0.348 e. The third kappa shape index (κ3) is 1.46. The van der Waals surface area contributed by atoms with E-state index in [2.05, 4.69) is 0 Å². The quantitative estimate of drug-likeness (QED) is 0.414. The highest BCUT2D eigenvalue weighted by molar-refractivity contribution is 6.14. The molecule has 0 saturated carbocycles. The summed E-state index contributed by atoms with van der Waals surface area (Å²) in [5.41, 5.74) is 0.313. The molecule has 0 saturated heterocycles. The maximum absolute atomic E-state index is 12.3. The molecular weight excluding hydrogens is 288 g/mol. The van der Waals surface area contributed by atoms with Crippen molar-refractivity contribution in [2.45, 2.75) is 0 Å². The van der Waals surface area contributed by atoms with E-state index in [1.165, 1.54) is 13.2 Å². The number of methoxy groups -OCH3 is 1. The molecule has 0 radical (unpaired) electrons. The Balaban J connectivity index is 2.35. The number of ether oxygens (including phenoxy) is 1. The zero-order chi connectivity index (χ0) is 15.4. The van der Waals surface area contributed by atoms with Crippen molar-refractivity contribution in [3.63, 3.8) is 0 Å². The Morgan fingerprint density at radius 1 is 1.05 bits per heavy atom. The van der Waals surface area contributed by atoms with Gasteiger partial charge in [-0.3, -0.25) is 0 Å². The number of phenols is 2. The van der Waals surface area contributed by atoms with Crippen molar-refractivity contribution in [2.24, 2.45) is 0 Å². The molecule has 2 aromatic heterocycles. The van der Waals surface area contributed by atoms with Crippen LogP contribution in [0.25, 0.3) is 32.9 Å². The molecule has 0 unspecified atom stereocenters. The summed E-state index contributed by atoms with van der Waals surface area (Å²) >= 11 is 0. The molecule has 4 aromatic rings. The summed E-state index contributed by atoms with van der Waals surface area (Å²) in [6.07, 6.45) is 0. The van der Waals surface area contributed by atoms with Crippen molar-refractivity contribution in [3.8, 4) is 17.2 Å². The van der Waals surface area contributed by atoms with Gasteiger partial charge in [0, 0.05) is 5.39 Å². The van der Waals surface area contributed by atoms with Gasteiger partial charge in [0.25, 0.3) is 0 Å². The van der Waals surface area contributed by atoms with Crippen molar-refractivity contribution < 1.29 is 23.8 Å². The van der Waals surface area contributed by atoms with Crippen LogP contribution in [0.15, 0.2) is 44.0 Å². The van der Waals surface area contributed by atoms with Gasteiger partial charge in [-0.2, -0.15) is 0 Å². The van der Waals surface area contributed by atoms with Crippen LogP contribution in [0.4, 0.5) is 0 Å². The molecule has 2 aromatic carbocycles. The fraction of sp³-hybridized carbons (Fsp3) is 0.0625. The second-order valence-corrected chi connectivity index (χ2v) is 4.85. The van der Waals surface area contributed by atoms with E-state index in [0.717, 1.165) is 0 Å². The summed E-state index contributed by atoms with van der Waals surface area (Å²) in [7, 11) is 1.34. The van der Waals surface area contributed by atoms with Crippen LogP contribution in [0.3, 0.4) is 0 Å². The van der Waals surface area contributed by atoms with E-state index in [0.29, 0.717) is 21.9 Å². The van der Waals surface area contributed by atoms with E-state index >= 15 is 0 Å². The lowest BCUT2D eigenvalue weighted by molar-refractivity contribution is 0.351. The Morgan fingerprint density at radius 3 is 2.59 bits per heavy atom. The molecule has 0 bridgehead atoms. The van der Waals surface area contributed by atoms with Crippen LogP contribution in [0.2, 0.25) is 0 Å². The summed E-state index contributed by atoms with van der Waals surface area (Å²) in [5, 5.41) is 20.8. The maximum Gasteiger partial charge on any atom is 0.348 e. The van der Waals surface area contributed by atoms with Crippen LogP contribution in [0, 0.1) is 0 Å². The first-order chi connectivity index (χ1) is 10.6. The molecule has 2 heterocycles. The number of furan rings is 1. The highest BCUT2D eigenvalue weighted by Gasteiger charge is 2.22. The largest absolute Gasteiger partial charge is 0.504 e. The second-order valence-electron chi connectivity index (χ2n) is 4.85. The Hall–Kier alpha value is -3.15.